The van der Waals surface area contributed by atoms with E-state index in [0.29, 0.717) is 49.1 Å². The lowest BCUT2D eigenvalue weighted by atomic mass is 9.98. The van der Waals surface area contributed by atoms with Gasteiger partial charge in [-0.2, -0.15) is 5.10 Å². The molecule has 1 amide bonds. The number of carbonyl (C=O) groups is 1. The first-order valence-electron chi connectivity index (χ1n) is 12.1. The van der Waals surface area contributed by atoms with Crippen LogP contribution in [0.4, 0.5) is 11.4 Å². The highest BCUT2D eigenvalue weighted by Gasteiger charge is 2.22. The highest BCUT2D eigenvalue weighted by Crippen LogP contribution is 2.46. The number of piperidine rings is 1. The molecule has 1 aliphatic rings. The molecule has 0 bridgehead atoms. The Bertz CT molecular complexity index is 1430. The van der Waals surface area contributed by atoms with E-state index in [1.54, 1.807) is 18.3 Å². The zero-order valence-corrected chi connectivity index (χ0v) is 22.4. The van der Waals surface area contributed by atoms with Crippen LogP contribution in [0.15, 0.2) is 48.7 Å². The molecule has 0 atom stereocenters. The molecule has 192 valence electrons. The maximum Gasteiger partial charge on any atom is 0.256 e. The number of halogens is 2. The lowest BCUT2D eigenvalue weighted by Crippen LogP contribution is -2.32. The van der Waals surface area contributed by atoms with E-state index < -0.39 is 0 Å². The van der Waals surface area contributed by atoms with Gasteiger partial charge in [0, 0.05) is 41.5 Å². The summed E-state index contributed by atoms with van der Waals surface area (Å²) in [6.07, 6.45) is 3.97. The van der Waals surface area contributed by atoms with Gasteiger partial charge < -0.3 is 19.7 Å². The number of aromatic nitrogens is 2. The number of methoxy groups -OCH3 is 2. The molecule has 3 aromatic carbocycles. The number of hydrogen-bond acceptors (Lipinski definition) is 5. The number of hydrogen-bond donors (Lipinski definition) is 2. The van der Waals surface area contributed by atoms with Crippen LogP contribution in [0.25, 0.3) is 22.0 Å². The van der Waals surface area contributed by atoms with Gasteiger partial charge in [-0.25, -0.2) is 0 Å². The topological polar surface area (TPSA) is 79.5 Å². The van der Waals surface area contributed by atoms with Crippen molar-refractivity contribution in [3.8, 4) is 22.6 Å². The fraction of sp³-hybridized carbons (Fsp3) is 0.286. The predicted molar refractivity (Wildman–Crippen MR) is 150 cm³/mol. The second kappa shape index (κ2) is 10.5. The second-order valence-electron chi connectivity index (χ2n) is 9.31. The molecule has 0 saturated carbocycles. The SMILES string of the molecule is COc1cc(OC)c(Cl)c(-c2cc(C(=O)Nc3cccc(N4CCC(C)CC4)c3)c3cn[nH]c3c2)c1Cl. The minimum absolute atomic E-state index is 0.264. The van der Waals surface area contributed by atoms with Gasteiger partial charge in [-0.1, -0.05) is 36.2 Å². The summed E-state index contributed by atoms with van der Waals surface area (Å²) < 4.78 is 10.9. The highest BCUT2D eigenvalue weighted by atomic mass is 35.5. The summed E-state index contributed by atoms with van der Waals surface area (Å²) in [4.78, 5) is 15.9. The molecule has 9 heteroatoms. The number of aromatic amines is 1. The number of carbonyl (C=O) groups excluding carboxylic acids is 1. The Kier molecular flexibility index (Phi) is 7.17. The molecule has 4 aromatic rings. The molecule has 0 aliphatic carbocycles. The monoisotopic (exact) mass is 538 g/mol. The Balaban J connectivity index is 1.52. The maximum atomic E-state index is 13.6. The minimum Gasteiger partial charge on any atom is -0.495 e. The standard InChI is InChI=1S/C28H28Cl2N4O3/c1-16-7-9-34(10-8-16)19-6-4-5-18(13-19)32-28(35)20-11-17(12-22-21(20)15-31-33-22)25-26(29)23(36-2)14-24(37-3)27(25)30/h4-6,11-16H,7-10H2,1-3H3,(H,31,33)(H,32,35). The number of ether oxygens (including phenoxy) is 2. The van der Waals surface area contributed by atoms with E-state index in [0.717, 1.165) is 30.4 Å². The third-order valence-corrected chi connectivity index (χ3v) is 7.67. The van der Waals surface area contributed by atoms with Crippen LogP contribution in [0.1, 0.15) is 30.1 Å². The average Bonchev–Trinajstić information content (AvgIpc) is 3.38. The van der Waals surface area contributed by atoms with Crippen molar-refractivity contribution < 1.29 is 14.3 Å². The number of amides is 1. The number of nitrogens with one attached hydrogen (secondary N) is 2. The highest BCUT2D eigenvalue weighted by molar-refractivity contribution is 6.41. The molecule has 1 aliphatic heterocycles. The molecule has 7 nitrogen and oxygen atoms in total. The lowest BCUT2D eigenvalue weighted by Gasteiger charge is -2.32. The van der Waals surface area contributed by atoms with Crippen molar-refractivity contribution in [3.63, 3.8) is 0 Å². The van der Waals surface area contributed by atoms with Gasteiger partial charge in [0.25, 0.3) is 5.91 Å². The van der Waals surface area contributed by atoms with Crippen LogP contribution in [0.2, 0.25) is 10.0 Å². The average molecular weight is 539 g/mol. The molecule has 37 heavy (non-hydrogen) atoms. The van der Waals surface area contributed by atoms with E-state index in [4.69, 9.17) is 32.7 Å². The van der Waals surface area contributed by atoms with Crippen LogP contribution in [-0.2, 0) is 0 Å². The van der Waals surface area contributed by atoms with Crippen molar-refractivity contribution in [3.05, 3.63) is 64.3 Å². The minimum atomic E-state index is -0.264. The molecule has 0 spiro atoms. The van der Waals surface area contributed by atoms with E-state index in [1.165, 1.54) is 27.1 Å². The Morgan fingerprint density at radius 2 is 1.76 bits per heavy atom. The number of anilines is 2. The van der Waals surface area contributed by atoms with Gasteiger partial charge in [-0.15, -0.1) is 0 Å². The number of nitrogens with zero attached hydrogens (tertiary/aromatic N) is 2. The first-order chi connectivity index (χ1) is 17.9. The molecular weight excluding hydrogens is 511 g/mol. The number of H-pyrrole nitrogens is 1. The maximum absolute atomic E-state index is 13.6. The van der Waals surface area contributed by atoms with Crippen LogP contribution in [-0.4, -0.2) is 43.4 Å². The normalized spacial score (nSPS) is 14.1. The number of rotatable bonds is 6. The van der Waals surface area contributed by atoms with E-state index in [9.17, 15) is 4.79 Å². The largest absolute Gasteiger partial charge is 0.495 e. The van der Waals surface area contributed by atoms with Crippen molar-refractivity contribution in [2.45, 2.75) is 19.8 Å². The number of benzene rings is 3. The smallest absolute Gasteiger partial charge is 0.256 e. The zero-order valence-electron chi connectivity index (χ0n) is 20.9. The Labute approximate surface area is 225 Å². The van der Waals surface area contributed by atoms with Crippen LogP contribution in [0.5, 0.6) is 11.5 Å². The third-order valence-electron chi connectivity index (χ3n) is 6.92. The summed E-state index contributed by atoms with van der Waals surface area (Å²) in [7, 11) is 3.04. The Morgan fingerprint density at radius 3 is 2.43 bits per heavy atom. The summed E-state index contributed by atoms with van der Waals surface area (Å²) in [6, 6.07) is 13.2. The molecular formula is C28H28Cl2N4O3. The quantitative estimate of drug-likeness (QED) is 0.275. The third kappa shape index (κ3) is 4.93. The van der Waals surface area contributed by atoms with E-state index in [1.807, 2.05) is 24.3 Å². The first kappa shape index (κ1) is 25.2. The first-order valence-corrected chi connectivity index (χ1v) is 12.9. The van der Waals surface area contributed by atoms with Gasteiger partial charge in [-0.05, 0) is 54.7 Å². The Hall–Kier alpha value is -3.42. The molecule has 2 N–H and O–H groups in total. The van der Waals surface area contributed by atoms with Crippen LogP contribution in [0.3, 0.4) is 0 Å². The van der Waals surface area contributed by atoms with Crippen molar-refractivity contribution in [1.82, 2.24) is 10.2 Å². The van der Waals surface area contributed by atoms with Gasteiger partial charge in [0.05, 0.1) is 41.5 Å². The second-order valence-corrected chi connectivity index (χ2v) is 10.1. The van der Waals surface area contributed by atoms with E-state index in [-0.39, 0.29) is 5.91 Å². The molecule has 5 rings (SSSR count). The molecule has 1 aromatic heterocycles. The summed E-state index contributed by atoms with van der Waals surface area (Å²) in [5.74, 6) is 1.31. The van der Waals surface area contributed by atoms with Gasteiger partial charge in [0.1, 0.15) is 11.5 Å². The van der Waals surface area contributed by atoms with Crippen LogP contribution in [0, 0.1) is 5.92 Å². The Morgan fingerprint density at radius 1 is 1.05 bits per heavy atom. The van der Waals surface area contributed by atoms with Crippen molar-refractivity contribution >= 4 is 51.4 Å². The summed E-state index contributed by atoms with van der Waals surface area (Å²) in [5, 5.41) is 11.5. The fourth-order valence-corrected chi connectivity index (χ4v) is 5.49. The molecule has 1 saturated heterocycles. The van der Waals surface area contributed by atoms with Crippen LogP contribution >= 0.6 is 23.2 Å². The van der Waals surface area contributed by atoms with Gasteiger partial charge >= 0.3 is 0 Å². The fourth-order valence-electron chi connectivity index (χ4n) is 4.77. The summed E-state index contributed by atoms with van der Waals surface area (Å²) in [5.41, 5.74) is 4.08. The summed E-state index contributed by atoms with van der Waals surface area (Å²) >= 11 is 13.3. The molecule has 2 heterocycles. The zero-order chi connectivity index (χ0) is 26.1. The number of fused-ring (bicyclic) bond motifs is 1. The molecule has 0 radical (unpaired) electrons. The van der Waals surface area contributed by atoms with Crippen molar-refractivity contribution in [2.75, 3.05) is 37.5 Å². The van der Waals surface area contributed by atoms with E-state index in [2.05, 4.69) is 33.4 Å². The summed E-state index contributed by atoms with van der Waals surface area (Å²) in [6.45, 7) is 4.32. The molecule has 0 unspecified atom stereocenters. The van der Waals surface area contributed by atoms with Crippen molar-refractivity contribution in [2.24, 2.45) is 5.92 Å². The van der Waals surface area contributed by atoms with Gasteiger partial charge in [-0.3, -0.25) is 9.89 Å². The van der Waals surface area contributed by atoms with Gasteiger partial charge in [0.2, 0.25) is 0 Å². The van der Waals surface area contributed by atoms with Gasteiger partial charge in [0.15, 0.2) is 0 Å². The van der Waals surface area contributed by atoms with Crippen LogP contribution < -0.4 is 19.7 Å². The van der Waals surface area contributed by atoms with Crippen molar-refractivity contribution in [1.29, 1.82) is 0 Å². The predicted octanol–water partition coefficient (Wildman–Crippen LogP) is 7.04. The van der Waals surface area contributed by atoms with E-state index >= 15 is 0 Å². The molecule has 1 fully saturated rings. The lowest BCUT2D eigenvalue weighted by molar-refractivity contribution is 0.102.